The van der Waals surface area contributed by atoms with E-state index >= 15 is 0 Å². The first kappa shape index (κ1) is 6.27. The molecule has 0 fully saturated rings. The van der Waals surface area contributed by atoms with Crippen molar-refractivity contribution >= 4 is 11.5 Å². The van der Waals surface area contributed by atoms with Gasteiger partial charge in [0.1, 0.15) is 0 Å². The first-order valence-corrected chi connectivity index (χ1v) is 3.25. The standard InChI is InChI=1S/C3H10O2S/c1-4-6(3)5-2/h6H,1-3H3. The van der Waals surface area contributed by atoms with E-state index in [0.29, 0.717) is 0 Å². The van der Waals surface area contributed by atoms with Crippen LogP contribution >= 0.6 is 11.5 Å². The molecular weight excluding hydrogens is 100 g/mol. The fourth-order valence-corrected chi connectivity index (χ4v) is 0.224. The number of hydrogen-bond acceptors (Lipinski definition) is 2. The van der Waals surface area contributed by atoms with E-state index in [9.17, 15) is 0 Å². The first-order valence-electron chi connectivity index (χ1n) is 1.63. The Kier molecular flexibility index (Phi) is 3.62. The third kappa shape index (κ3) is 2.50. The molecule has 0 aromatic carbocycles. The number of thiol groups is 1. The Morgan fingerprint density at radius 3 is 1.50 bits per heavy atom. The van der Waals surface area contributed by atoms with E-state index in [1.165, 1.54) is 0 Å². The summed E-state index contributed by atoms with van der Waals surface area (Å²) in [5.41, 5.74) is 0. The molecule has 0 amide bonds. The molecule has 0 heterocycles. The van der Waals surface area contributed by atoms with Crippen LogP contribution in [0.25, 0.3) is 0 Å². The van der Waals surface area contributed by atoms with Crippen molar-refractivity contribution < 1.29 is 8.37 Å². The van der Waals surface area contributed by atoms with Gasteiger partial charge in [-0.05, 0) is 0 Å². The lowest BCUT2D eigenvalue weighted by molar-refractivity contribution is 0.372. The molecule has 0 saturated carbocycles. The molecule has 0 unspecified atom stereocenters. The van der Waals surface area contributed by atoms with Crippen LogP contribution in [0.3, 0.4) is 0 Å². The highest BCUT2D eigenvalue weighted by Gasteiger charge is 1.75. The van der Waals surface area contributed by atoms with Crippen molar-refractivity contribution in [3.63, 3.8) is 0 Å². The predicted molar refractivity (Wildman–Crippen MR) is 28.9 cm³/mol. The lowest BCUT2D eigenvalue weighted by Gasteiger charge is -2.12. The predicted octanol–water partition coefficient (Wildman–Crippen LogP) is 0.740. The molecule has 0 aromatic heterocycles. The van der Waals surface area contributed by atoms with Gasteiger partial charge in [0, 0.05) is 6.26 Å². The van der Waals surface area contributed by atoms with Crippen molar-refractivity contribution in [2.24, 2.45) is 0 Å². The van der Waals surface area contributed by atoms with E-state index in [0.717, 1.165) is 0 Å². The van der Waals surface area contributed by atoms with Gasteiger partial charge in [-0.3, -0.25) is 8.37 Å². The van der Waals surface area contributed by atoms with Gasteiger partial charge in [-0.2, -0.15) is 0 Å². The Morgan fingerprint density at radius 2 is 1.50 bits per heavy atom. The van der Waals surface area contributed by atoms with Crippen molar-refractivity contribution in [1.82, 2.24) is 0 Å². The SMILES string of the molecule is CO[SH](C)OC. The quantitative estimate of drug-likeness (QED) is 0.528. The molecule has 0 bridgehead atoms. The lowest BCUT2D eigenvalue weighted by atomic mass is 11.8. The second kappa shape index (κ2) is 3.46. The van der Waals surface area contributed by atoms with Crippen molar-refractivity contribution in [3.05, 3.63) is 0 Å². The minimum atomic E-state index is -0.576. The molecule has 0 aromatic rings. The fraction of sp³-hybridized carbons (Fsp3) is 1.00. The Hall–Kier alpha value is 0.270. The van der Waals surface area contributed by atoms with Crippen LogP contribution in [0.5, 0.6) is 0 Å². The van der Waals surface area contributed by atoms with E-state index < -0.39 is 11.5 Å². The summed E-state index contributed by atoms with van der Waals surface area (Å²) in [7, 11) is 3.27. The van der Waals surface area contributed by atoms with Crippen LogP contribution in [0, 0.1) is 0 Å². The highest BCUT2D eigenvalue weighted by molar-refractivity contribution is 8.07. The zero-order valence-corrected chi connectivity index (χ0v) is 5.16. The molecule has 0 aliphatic heterocycles. The average molecular weight is 110 g/mol. The fourth-order valence-electron chi connectivity index (χ4n) is 0.0745. The summed E-state index contributed by atoms with van der Waals surface area (Å²) in [4.78, 5) is 0. The summed E-state index contributed by atoms with van der Waals surface area (Å²) in [5.74, 6) is 0. The van der Waals surface area contributed by atoms with E-state index in [2.05, 4.69) is 0 Å². The van der Waals surface area contributed by atoms with Crippen molar-refractivity contribution in [1.29, 1.82) is 0 Å². The summed E-state index contributed by atoms with van der Waals surface area (Å²) in [6.07, 6.45) is 1.90. The molecule has 0 atom stereocenters. The molecule has 6 heavy (non-hydrogen) atoms. The molecule has 0 aliphatic rings. The van der Waals surface area contributed by atoms with Crippen LogP contribution in [0.4, 0.5) is 0 Å². The number of hydrogen-bond donors (Lipinski definition) is 1. The van der Waals surface area contributed by atoms with Gasteiger partial charge in [-0.25, -0.2) is 11.5 Å². The van der Waals surface area contributed by atoms with Crippen LogP contribution in [0.1, 0.15) is 0 Å². The zero-order chi connectivity index (χ0) is 4.99. The molecule has 0 saturated heterocycles. The summed E-state index contributed by atoms with van der Waals surface area (Å²) in [6.45, 7) is 0. The van der Waals surface area contributed by atoms with Crippen molar-refractivity contribution in [2.45, 2.75) is 0 Å². The van der Waals surface area contributed by atoms with Gasteiger partial charge in [0.2, 0.25) is 0 Å². The third-order valence-corrected chi connectivity index (χ3v) is 1.54. The number of rotatable bonds is 2. The summed E-state index contributed by atoms with van der Waals surface area (Å²) < 4.78 is 9.48. The summed E-state index contributed by atoms with van der Waals surface area (Å²) in [5, 5.41) is 0. The maximum absolute atomic E-state index is 4.74. The minimum Gasteiger partial charge on any atom is -0.290 e. The van der Waals surface area contributed by atoms with Crippen LogP contribution in [0.2, 0.25) is 0 Å². The third-order valence-electron chi connectivity index (χ3n) is 0.514. The maximum atomic E-state index is 4.74. The molecule has 0 N–H and O–H groups in total. The zero-order valence-electron chi connectivity index (χ0n) is 4.26. The van der Waals surface area contributed by atoms with E-state index in [4.69, 9.17) is 8.37 Å². The van der Waals surface area contributed by atoms with Crippen LogP contribution in [0.15, 0.2) is 0 Å². The van der Waals surface area contributed by atoms with E-state index in [1.807, 2.05) is 6.26 Å². The topological polar surface area (TPSA) is 18.5 Å². The highest BCUT2D eigenvalue weighted by Crippen LogP contribution is 2.17. The van der Waals surface area contributed by atoms with Gasteiger partial charge in [0.15, 0.2) is 0 Å². The molecule has 3 heteroatoms. The van der Waals surface area contributed by atoms with E-state index in [-0.39, 0.29) is 0 Å². The molecule has 0 radical (unpaired) electrons. The Morgan fingerprint density at radius 1 is 1.17 bits per heavy atom. The summed E-state index contributed by atoms with van der Waals surface area (Å²) >= 11 is -0.576. The molecule has 40 valence electrons. The van der Waals surface area contributed by atoms with Crippen LogP contribution in [-0.2, 0) is 8.37 Å². The lowest BCUT2D eigenvalue weighted by Crippen LogP contribution is -1.80. The van der Waals surface area contributed by atoms with Gasteiger partial charge < -0.3 is 0 Å². The first-order chi connectivity index (χ1) is 2.81. The maximum Gasteiger partial charge on any atom is 0.0601 e. The minimum absolute atomic E-state index is 0.576. The summed E-state index contributed by atoms with van der Waals surface area (Å²) in [6, 6.07) is 0. The average Bonchev–Trinajstić information content (AvgIpc) is 1.65. The van der Waals surface area contributed by atoms with Gasteiger partial charge in [-0.1, -0.05) is 0 Å². The molecule has 2 nitrogen and oxygen atoms in total. The second-order valence-electron chi connectivity index (χ2n) is 0.805. The molecular formula is C3H10O2S. The Labute approximate surface area is 41.2 Å². The van der Waals surface area contributed by atoms with Gasteiger partial charge in [0.25, 0.3) is 0 Å². The van der Waals surface area contributed by atoms with Crippen LogP contribution in [-0.4, -0.2) is 20.5 Å². The molecule has 0 rings (SSSR count). The van der Waals surface area contributed by atoms with Crippen molar-refractivity contribution in [2.75, 3.05) is 20.5 Å². The monoisotopic (exact) mass is 110 g/mol. The van der Waals surface area contributed by atoms with Crippen molar-refractivity contribution in [3.8, 4) is 0 Å². The van der Waals surface area contributed by atoms with E-state index in [1.54, 1.807) is 14.2 Å². The second-order valence-corrected chi connectivity index (χ2v) is 2.41. The van der Waals surface area contributed by atoms with Gasteiger partial charge in [0.05, 0.1) is 14.2 Å². The van der Waals surface area contributed by atoms with Crippen LogP contribution < -0.4 is 0 Å². The highest BCUT2D eigenvalue weighted by atomic mass is 32.2. The normalized spacial score (nSPS) is 11.5. The van der Waals surface area contributed by atoms with Gasteiger partial charge >= 0.3 is 0 Å². The van der Waals surface area contributed by atoms with Gasteiger partial charge in [-0.15, -0.1) is 0 Å². The Bertz CT molecular complexity index is 28.0. The smallest absolute Gasteiger partial charge is 0.0601 e. The largest absolute Gasteiger partial charge is 0.290 e. The Balaban J connectivity index is 2.75. The molecule has 0 aliphatic carbocycles. The molecule has 0 spiro atoms.